The molecule has 0 spiro atoms. The Morgan fingerprint density at radius 2 is 1.73 bits per heavy atom. The molecular weight excluding hydrogens is 326 g/mol. The normalized spacial score (nSPS) is 10.8. The lowest BCUT2D eigenvalue weighted by Crippen LogP contribution is -2.30. The Labute approximate surface area is 150 Å². The Balaban J connectivity index is 1.68. The van der Waals surface area contributed by atoms with E-state index in [0.29, 0.717) is 18.7 Å². The number of hydrogen-bond acceptors (Lipinski definition) is 4. The number of rotatable bonds is 5. The van der Waals surface area contributed by atoms with Crippen LogP contribution in [0, 0.1) is 0 Å². The van der Waals surface area contributed by atoms with Crippen LogP contribution in [0.3, 0.4) is 0 Å². The molecule has 0 atom stereocenters. The monoisotopic (exact) mass is 343 g/mol. The minimum absolute atomic E-state index is 0.0631. The molecule has 4 aromatic heterocycles. The van der Waals surface area contributed by atoms with Crippen LogP contribution in [0.4, 0.5) is 0 Å². The van der Waals surface area contributed by atoms with Crippen molar-refractivity contribution >= 4 is 11.4 Å². The SMILES string of the molecule is O=C(c1cnn2ccccc12)N(Cc1ccncc1)Cc1cccnc1. The quantitative estimate of drug-likeness (QED) is 0.559. The minimum Gasteiger partial charge on any atom is -0.330 e. The first-order chi connectivity index (χ1) is 12.8. The molecular formula is C20H17N5O. The molecule has 128 valence electrons. The predicted molar refractivity (Wildman–Crippen MR) is 97.2 cm³/mol. The molecule has 1 amide bonds. The fourth-order valence-corrected chi connectivity index (χ4v) is 2.89. The van der Waals surface area contributed by atoms with Crippen molar-refractivity contribution in [3.8, 4) is 0 Å². The van der Waals surface area contributed by atoms with Gasteiger partial charge in [-0.1, -0.05) is 12.1 Å². The molecule has 4 aromatic rings. The van der Waals surface area contributed by atoms with E-state index in [1.54, 1.807) is 40.4 Å². The van der Waals surface area contributed by atoms with E-state index in [0.717, 1.165) is 16.6 Å². The van der Waals surface area contributed by atoms with Gasteiger partial charge in [-0.25, -0.2) is 4.52 Å². The van der Waals surface area contributed by atoms with Gasteiger partial charge in [-0.3, -0.25) is 14.8 Å². The molecule has 26 heavy (non-hydrogen) atoms. The van der Waals surface area contributed by atoms with E-state index >= 15 is 0 Å². The van der Waals surface area contributed by atoms with Gasteiger partial charge in [0.2, 0.25) is 0 Å². The highest BCUT2D eigenvalue weighted by atomic mass is 16.2. The summed E-state index contributed by atoms with van der Waals surface area (Å²) in [6, 6.07) is 13.4. The summed E-state index contributed by atoms with van der Waals surface area (Å²) in [6.07, 6.45) is 10.4. The van der Waals surface area contributed by atoms with Crippen LogP contribution in [0.5, 0.6) is 0 Å². The van der Waals surface area contributed by atoms with Crippen LogP contribution in [0.15, 0.2) is 79.6 Å². The van der Waals surface area contributed by atoms with E-state index in [4.69, 9.17) is 0 Å². The molecule has 4 rings (SSSR count). The lowest BCUT2D eigenvalue weighted by molar-refractivity contribution is 0.0732. The number of carbonyl (C=O) groups is 1. The molecule has 0 aliphatic rings. The predicted octanol–water partition coefficient (Wildman–Crippen LogP) is 2.97. The van der Waals surface area contributed by atoms with Gasteiger partial charge in [-0.2, -0.15) is 5.10 Å². The molecule has 0 aliphatic carbocycles. The van der Waals surface area contributed by atoms with Crippen molar-refractivity contribution in [3.63, 3.8) is 0 Å². The van der Waals surface area contributed by atoms with Crippen molar-refractivity contribution in [3.05, 3.63) is 96.3 Å². The smallest absolute Gasteiger partial charge is 0.258 e. The fourth-order valence-electron chi connectivity index (χ4n) is 2.89. The molecule has 0 fully saturated rings. The van der Waals surface area contributed by atoms with E-state index < -0.39 is 0 Å². The maximum atomic E-state index is 13.3. The number of hydrogen-bond donors (Lipinski definition) is 0. The van der Waals surface area contributed by atoms with Gasteiger partial charge in [0.25, 0.3) is 5.91 Å². The maximum Gasteiger partial charge on any atom is 0.258 e. The van der Waals surface area contributed by atoms with Crippen molar-refractivity contribution in [2.24, 2.45) is 0 Å². The Kier molecular flexibility index (Phi) is 4.38. The Morgan fingerprint density at radius 1 is 0.885 bits per heavy atom. The van der Waals surface area contributed by atoms with Crippen LogP contribution in [-0.4, -0.2) is 30.4 Å². The molecule has 6 heteroatoms. The van der Waals surface area contributed by atoms with Crippen molar-refractivity contribution in [1.29, 1.82) is 0 Å². The molecule has 6 nitrogen and oxygen atoms in total. The second-order valence-electron chi connectivity index (χ2n) is 5.97. The van der Waals surface area contributed by atoms with Gasteiger partial charge in [0.05, 0.1) is 17.3 Å². The second kappa shape index (κ2) is 7.14. The van der Waals surface area contributed by atoms with Crippen LogP contribution in [0.25, 0.3) is 5.52 Å². The summed E-state index contributed by atoms with van der Waals surface area (Å²) in [7, 11) is 0. The molecule has 4 heterocycles. The summed E-state index contributed by atoms with van der Waals surface area (Å²) < 4.78 is 1.71. The largest absolute Gasteiger partial charge is 0.330 e. The zero-order valence-corrected chi connectivity index (χ0v) is 14.1. The van der Waals surface area contributed by atoms with Crippen LogP contribution in [-0.2, 0) is 13.1 Å². The zero-order valence-electron chi connectivity index (χ0n) is 14.1. The van der Waals surface area contributed by atoms with Crippen LogP contribution in [0.1, 0.15) is 21.5 Å². The third kappa shape index (κ3) is 3.30. The molecule has 0 radical (unpaired) electrons. The van der Waals surface area contributed by atoms with Gasteiger partial charge < -0.3 is 4.90 Å². The number of fused-ring (bicyclic) bond motifs is 1. The summed E-state index contributed by atoms with van der Waals surface area (Å²) in [5.74, 6) is -0.0631. The number of nitrogens with zero attached hydrogens (tertiary/aromatic N) is 5. The molecule has 0 saturated heterocycles. The first kappa shape index (κ1) is 16.0. The first-order valence-electron chi connectivity index (χ1n) is 8.31. The van der Waals surface area contributed by atoms with Gasteiger partial charge in [0.1, 0.15) is 0 Å². The molecule has 0 N–H and O–H groups in total. The summed E-state index contributed by atoms with van der Waals surface area (Å²) in [4.78, 5) is 23.3. The number of amides is 1. The van der Waals surface area contributed by atoms with Gasteiger partial charge in [0.15, 0.2) is 0 Å². The van der Waals surface area contributed by atoms with E-state index in [2.05, 4.69) is 15.1 Å². The summed E-state index contributed by atoms with van der Waals surface area (Å²) in [5.41, 5.74) is 3.38. The van der Waals surface area contributed by atoms with E-state index in [9.17, 15) is 4.79 Å². The third-order valence-corrected chi connectivity index (χ3v) is 4.16. The highest BCUT2D eigenvalue weighted by molar-refractivity contribution is 6.00. The fraction of sp³-hybridized carbons (Fsp3) is 0.100. The average Bonchev–Trinajstić information content (AvgIpc) is 3.13. The molecule has 0 aliphatic heterocycles. The number of carbonyl (C=O) groups excluding carboxylic acids is 1. The molecule has 0 aromatic carbocycles. The third-order valence-electron chi connectivity index (χ3n) is 4.16. The topological polar surface area (TPSA) is 63.4 Å². The minimum atomic E-state index is -0.0631. The highest BCUT2D eigenvalue weighted by Gasteiger charge is 2.20. The zero-order chi connectivity index (χ0) is 17.8. The van der Waals surface area contributed by atoms with Gasteiger partial charge >= 0.3 is 0 Å². The van der Waals surface area contributed by atoms with Gasteiger partial charge in [0, 0.05) is 44.1 Å². The maximum absolute atomic E-state index is 13.3. The van der Waals surface area contributed by atoms with Crippen molar-refractivity contribution < 1.29 is 4.79 Å². The second-order valence-corrected chi connectivity index (χ2v) is 5.97. The molecule has 0 unspecified atom stereocenters. The van der Waals surface area contributed by atoms with Crippen molar-refractivity contribution in [2.75, 3.05) is 0 Å². The Morgan fingerprint density at radius 3 is 2.54 bits per heavy atom. The van der Waals surface area contributed by atoms with Crippen LogP contribution in [0.2, 0.25) is 0 Å². The van der Waals surface area contributed by atoms with Crippen molar-refractivity contribution in [2.45, 2.75) is 13.1 Å². The Bertz CT molecular complexity index is 973. The summed E-state index contributed by atoms with van der Waals surface area (Å²) in [6.45, 7) is 0.958. The van der Waals surface area contributed by atoms with Gasteiger partial charge in [-0.05, 0) is 41.5 Å². The van der Waals surface area contributed by atoms with Gasteiger partial charge in [-0.15, -0.1) is 0 Å². The first-order valence-corrected chi connectivity index (χ1v) is 8.31. The standard InChI is InChI=1S/C20H17N5O/c26-20(18-13-23-25-11-2-1-5-19(18)25)24(14-16-6-9-21-10-7-16)15-17-4-3-8-22-12-17/h1-13H,14-15H2. The Hall–Kier alpha value is -3.54. The number of aromatic nitrogens is 4. The van der Waals surface area contributed by atoms with E-state index in [-0.39, 0.29) is 5.91 Å². The lowest BCUT2D eigenvalue weighted by atomic mass is 10.1. The number of pyridine rings is 3. The molecule has 0 bridgehead atoms. The van der Waals surface area contributed by atoms with E-state index in [1.807, 2.05) is 48.7 Å². The van der Waals surface area contributed by atoms with Crippen LogP contribution < -0.4 is 0 Å². The lowest BCUT2D eigenvalue weighted by Gasteiger charge is -2.22. The molecule has 0 saturated carbocycles. The van der Waals surface area contributed by atoms with Crippen molar-refractivity contribution in [1.82, 2.24) is 24.5 Å². The van der Waals surface area contributed by atoms with E-state index in [1.165, 1.54) is 0 Å². The summed E-state index contributed by atoms with van der Waals surface area (Å²) in [5, 5.41) is 4.28. The highest BCUT2D eigenvalue weighted by Crippen LogP contribution is 2.17. The van der Waals surface area contributed by atoms with Crippen LogP contribution >= 0.6 is 0 Å². The average molecular weight is 343 g/mol. The summed E-state index contributed by atoms with van der Waals surface area (Å²) >= 11 is 0.